The summed E-state index contributed by atoms with van der Waals surface area (Å²) in [4.78, 5) is 10.9. The van der Waals surface area contributed by atoms with Crippen LogP contribution >= 0.6 is 0 Å². The van der Waals surface area contributed by atoms with Gasteiger partial charge in [0, 0.05) is 18.9 Å². The maximum atomic E-state index is 10.9. The zero-order valence-corrected chi connectivity index (χ0v) is 6.89. The average molecular weight is 143 g/mol. The van der Waals surface area contributed by atoms with Crippen molar-refractivity contribution >= 4 is 5.78 Å². The number of ketones is 1. The predicted molar refractivity (Wildman–Crippen MR) is 42.8 cm³/mol. The summed E-state index contributed by atoms with van der Waals surface area (Å²) < 4.78 is 0. The Morgan fingerprint density at radius 1 is 1.50 bits per heavy atom. The van der Waals surface area contributed by atoms with E-state index >= 15 is 0 Å². The third-order valence-corrected chi connectivity index (χ3v) is 1.41. The van der Waals surface area contributed by atoms with E-state index in [4.69, 9.17) is 5.73 Å². The summed E-state index contributed by atoms with van der Waals surface area (Å²) in [6, 6.07) is 0.167. The zero-order chi connectivity index (χ0) is 7.98. The van der Waals surface area contributed by atoms with E-state index in [2.05, 4.69) is 0 Å². The number of nitrogens with two attached hydrogens (primary N) is 1. The average Bonchev–Trinajstić information content (AvgIpc) is 1.85. The van der Waals surface area contributed by atoms with Crippen molar-refractivity contribution in [2.45, 2.75) is 45.6 Å². The van der Waals surface area contributed by atoms with Crippen LogP contribution in [-0.2, 0) is 4.79 Å². The molecule has 0 aliphatic rings. The van der Waals surface area contributed by atoms with Gasteiger partial charge in [0.15, 0.2) is 0 Å². The Labute approximate surface area is 62.8 Å². The maximum Gasteiger partial charge on any atom is 0.132 e. The monoisotopic (exact) mass is 143 g/mol. The van der Waals surface area contributed by atoms with Crippen LogP contribution in [-0.4, -0.2) is 11.8 Å². The third kappa shape index (κ3) is 5.76. The summed E-state index contributed by atoms with van der Waals surface area (Å²) in [6.07, 6.45) is 3.16. The Balaban J connectivity index is 3.22. The van der Waals surface area contributed by atoms with Gasteiger partial charge in [0.25, 0.3) is 0 Å². The number of rotatable bonds is 5. The maximum absolute atomic E-state index is 10.9. The number of Topliss-reactive ketones (excluding diaryl/α,β-unsaturated/α-hetero) is 1. The first-order valence-electron chi connectivity index (χ1n) is 3.94. The molecule has 2 nitrogen and oxygen atoms in total. The second-order valence-electron chi connectivity index (χ2n) is 2.80. The Morgan fingerprint density at radius 2 is 2.10 bits per heavy atom. The van der Waals surface area contributed by atoms with Gasteiger partial charge < -0.3 is 5.73 Å². The summed E-state index contributed by atoms with van der Waals surface area (Å²) >= 11 is 0. The van der Waals surface area contributed by atoms with E-state index in [0.29, 0.717) is 18.6 Å². The van der Waals surface area contributed by atoms with Gasteiger partial charge in [-0.3, -0.25) is 4.79 Å². The second kappa shape index (κ2) is 5.42. The highest BCUT2D eigenvalue weighted by Crippen LogP contribution is 1.99. The van der Waals surface area contributed by atoms with Crippen molar-refractivity contribution in [2.75, 3.05) is 0 Å². The lowest BCUT2D eigenvalue weighted by Gasteiger charge is -2.01. The molecule has 10 heavy (non-hydrogen) atoms. The minimum Gasteiger partial charge on any atom is -0.328 e. The Kier molecular flexibility index (Phi) is 5.22. The Bertz CT molecular complexity index is 99.4. The van der Waals surface area contributed by atoms with Crippen LogP contribution in [0.15, 0.2) is 0 Å². The van der Waals surface area contributed by atoms with E-state index in [0.717, 1.165) is 12.8 Å². The van der Waals surface area contributed by atoms with Crippen LogP contribution in [0.3, 0.4) is 0 Å². The lowest BCUT2D eigenvalue weighted by Crippen LogP contribution is -2.16. The first-order valence-corrected chi connectivity index (χ1v) is 3.94. The van der Waals surface area contributed by atoms with Gasteiger partial charge in [0.05, 0.1) is 0 Å². The van der Waals surface area contributed by atoms with Gasteiger partial charge in [-0.1, -0.05) is 6.92 Å². The van der Waals surface area contributed by atoms with E-state index in [1.54, 1.807) is 0 Å². The van der Waals surface area contributed by atoms with Gasteiger partial charge in [-0.15, -0.1) is 0 Å². The van der Waals surface area contributed by atoms with Gasteiger partial charge in [-0.25, -0.2) is 0 Å². The fraction of sp³-hybridized carbons (Fsp3) is 0.875. The molecule has 0 fully saturated rings. The van der Waals surface area contributed by atoms with Crippen molar-refractivity contribution in [1.82, 2.24) is 0 Å². The summed E-state index contributed by atoms with van der Waals surface area (Å²) in [5.74, 6) is 0.347. The third-order valence-electron chi connectivity index (χ3n) is 1.41. The van der Waals surface area contributed by atoms with Crippen LogP contribution in [0.2, 0.25) is 0 Å². The van der Waals surface area contributed by atoms with Crippen LogP contribution in [0.25, 0.3) is 0 Å². The molecule has 0 aliphatic carbocycles. The summed E-state index contributed by atoms with van der Waals surface area (Å²) in [6.45, 7) is 3.95. The molecule has 1 unspecified atom stereocenters. The molecule has 2 N–H and O–H groups in total. The van der Waals surface area contributed by atoms with Crippen molar-refractivity contribution in [2.24, 2.45) is 5.73 Å². The van der Waals surface area contributed by atoms with Gasteiger partial charge in [-0.05, 0) is 19.8 Å². The fourth-order valence-electron chi connectivity index (χ4n) is 0.792. The molecule has 0 aromatic rings. The molecule has 0 aromatic heterocycles. The molecule has 0 amide bonds. The second-order valence-corrected chi connectivity index (χ2v) is 2.80. The number of hydrogen-bond donors (Lipinski definition) is 1. The van der Waals surface area contributed by atoms with Crippen LogP contribution < -0.4 is 5.73 Å². The van der Waals surface area contributed by atoms with Gasteiger partial charge >= 0.3 is 0 Å². The van der Waals surface area contributed by atoms with Crippen LogP contribution in [0.5, 0.6) is 0 Å². The zero-order valence-electron chi connectivity index (χ0n) is 6.89. The minimum absolute atomic E-state index is 0.167. The van der Waals surface area contributed by atoms with E-state index < -0.39 is 0 Å². The number of hydrogen-bond acceptors (Lipinski definition) is 2. The molecular formula is C8H17NO. The van der Waals surface area contributed by atoms with E-state index in [1.807, 2.05) is 13.8 Å². The van der Waals surface area contributed by atoms with Crippen molar-refractivity contribution in [1.29, 1.82) is 0 Å². The summed E-state index contributed by atoms with van der Waals surface area (Å²) in [5, 5.41) is 0. The predicted octanol–water partition coefficient (Wildman–Crippen LogP) is 1.48. The van der Waals surface area contributed by atoms with Gasteiger partial charge in [-0.2, -0.15) is 0 Å². The van der Waals surface area contributed by atoms with Gasteiger partial charge in [0.2, 0.25) is 0 Å². The smallest absolute Gasteiger partial charge is 0.132 e. The highest BCUT2D eigenvalue weighted by Gasteiger charge is 2.01. The van der Waals surface area contributed by atoms with E-state index in [-0.39, 0.29) is 6.04 Å². The molecule has 0 radical (unpaired) electrons. The first-order chi connectivity index (χ1) is 4.66. The summed E-state index contributed by atoms with van der Waals surface area (Å²) in [7, 11) is 0. The molecule has 0 aromatic carbocycles. The van der Waals surface area contributed by atoms with Crippen LogP contribution in [0, 0.1) is 0 Å². The normalized spacial score (nSPS) is 13.1. The number of carbonyl (C=O) groups is 1. The molecule has 0 heterocycles. The molecule has 0 saturated carbocycles. The Hall–Kier alpha value is -0.370. The quantitative estimate of drug-likeness (QED) is 0.633. The molecule has 1 atom stereocenters. The van der Waals surface area contributed by atoms with E-state index in [1.165, 1.54) is 0 Å². The topological polar surface area (TPSA) is 43.1 Å². The largest absolute Gasteiger partial charge is 0.328 e. The molecule has 0 bridgehead atoms. The molecule has 60 valence electrons. The van der Waals surface area contributed by atoms with E-state index in [9.17, 15) is 4.79 Å². The van der Waals surface area contributed by atoms with Crippen molar-refractivity contribution < 1.29 is 4.79 Å². The first kappa shape index (κ1) is 9.63. The Morgan fingerprint density at radius 3 is 2.50 bits per heavy atom. The summed E-state index contributed by atoms with van der Waals surface area (Å²) in [5.41, 5.74) is 5.48. The highest BCUT2D eigenvalue weighted by atomic mass is 16.1. The molecular weight excluding hydrogens is 126 g/mol. The number of carbonyl (C=O) groups excluding carboxylic acids is 1. The highest BCUT2D eigenvalue weighted by molar-refractivity contribution is 5.78. The molecule has 0 saturated heterocycles. The van der Waals surface area contributed by atoms with Crippen molar-refractivity contribution in [3.63, 3.8) is 0 Å². The van der Waals surface area contributed by atoms with Crippen molar-refractivity contribution in [3.05, 3.63) is 0 Å². The van der Waals surface area contributed by atoms with Crippen LogP contribution in [0.1, 0.15) is 39.5 Å². The minimum atomic E-state index is 0.167. The SMILES string of the molecule is CCCC(=O)CCC(C)N. The molecule has 0 rings (SSSR count). The fourth-order valence-corrected chi connectivity index (χ4v) is 0.792. The lowest BCUT2D eigenvalue weighted by atomic mass is 10.1. The standard InChI is InChI=1S/C8H17NO/c1-3-4-8(10)6-5-7(2)9/h7H,3-6,9H2,1-2H3. The van der Waals surface area contributed by atoms with Crippen molar-refractivity contribution in [3.8, 4) is 0 Å². The molecule has 0 aliphatic heterocycles. The lowest BCUT2D eigenvalue weighted by molar-refractivity contribution is -0.119. The van der Waals surface area contributed by atoms with Crippen LogP contribution in [0.4, 0.5) is 0 Å². The molecule has 0 spiro atoms. The van der Waals surface area contributed by atoms with Gasteiger partial charge in [0.1, 0.15) is 5.78 Å². The molecule has 2 heteroatoms.